The van der Waals surface area contributed by atoms with E-state index >= 15 is 0 Å². The summed E-state index contributed by atoms with van der Waals surface area (Å²) in [5.74, 6) is 1.67. The number of hydrogen-bond acceptors (Lipinski definition) is 7. The van der Waals surface area contributed by atoms with E-state index < -0.39 is 0 Å². The van der Waals surface area contributed by atoms with Gasteiger partial charge in [-0.25, -0.2) is 0 Å². The van der Waals surface area contributed by atoms with E-state index in [1.807, 2.05) is 30.3 Å². The minimum atomic E-state index is -0.228. The highest BCUT2D eigenvalue weighted by atomic mass is 16.5. The average Bonchev–Trinajstić information content (AvgIpc) is 3.39. The second-order valence-corrected chi connectivity index (χ2v) is 7.74. The summed E-state index contributed by atoms with van der Waals surface area (Å²) in [6.45, 7) is 0.469. The van der Waals surface area contributed by atoms with Gasteiger partial charge in [-0.15, -0.1) is 0 Å². The van der Waals surface area contributed by atoms with E-state index in [4.69, 9.17) is 18.9 Å². The Labute approximate surface area is 175 Å². The predicted octanol–water partition coefficient (Wildman–Crippen LogP) is 2.26. The van der Waals surface area contributed by atoms with Crippen molar-refractivity contribution in [3.63, 3.8) is 0 Å². The normalized spacial score (nSPS) is 25.4. The van der Waals surface area contributed by atoms with Gasteiger partial charge in [0, 0.05) is 11.8 Å². The van der Waals surface area contributed by atoms with Crippen LogP contribution in [0.4, 0.5) is 0 Å². The molecule has 7 nitrogen and oxygen atoms in total. The Bertz CT molecular complexity index is 872. The Balaban J connectivity index is 1.61. The number of hydrogen-bond donors (Lipinski definition) is 3. The molecule has 0 amide bonds. The summed E-state index contributed by atoms with van der Waals surface area (Å²) >= 11 is 0. The lowest BCUT2D eigenvalue weighted by atomic mass is 9.83. The molecule has 2 saturated heterocycles. The van der Waals surface area contributed by atoms with Crippen molar-refractivity contribution >= 4 is 0 Å². The highest BCUT2D eigenvalue weighted by molar-refractivity contribution is 5.44. The van der Waals surface area contributed by atoms with Gasteiger partial charge >= 0.3 is 0 Å². The third kappa shape index (κ3) is 3.57. The zero-order chi connectivity index (χ0) is 21.3. The Kier molecular flexibility index (Phi) is 6.26. The maximum absolute atomic E-state index is 9.73. The molecule has 0 aliphatic carbocycles. The minimum absolute atomic E-state index is 0.105. The van der Waals surface area contributed by atoms with Gasteiger partial charge in [0.1, 0.15) is 0 Å². The minimum Gasteiger partial charge on any atom is -0.493 e. The molecule has 2 aliphatic rings. The number of aliphatic hydroxyl groups excluding tert-OH is 3. The van der Waals surface area contributed by atoms with Gasteiger partial charge in [-0.3, -0.25) is 0 Å². The van der Waals surface area contributed by atoms with Crippen molar-refractivity contribution < 1.29 is 34.3 Å². The highest BCUT2D eigenvalue weighted by Crippen LogP contribution is 2.51. The number of rotatable bonds is 7. The SMILES string of the molecule is COc1ccc([C@H]2OC[C@H]3[C@@H]2CO[C@@H]3c2cc(CO)c(CO)c(CO)c2)cc1OC. The van der Waals surface area contributed by atoms with Crippen molar-refractivity contribution in [3.8, 4) is 11.5 Å². The molecule has 0 radical (unpaired) electrons. The molecule has 162 valence electrons. The van der Waals surface area contributed by atoms with Crippen LogP contribution in [0, 0.1) is 11.8 Å². The van der Waals surface area contributed by atoms with E-state index in [1.165, 1.54) is 0 Å². The van der Waals surface area contributed by atoms with Crippen molar-refractivity contribution in [2.75, 3.05) is 27.4 Å². The number of methoxy groups -OCH3 is 2. The number of benzene rings is 2. The third-order valence-electron chi connectivity index (χ3n) is 6.28. The molecule has 0 bridgehead atoms. The molecule has 30 heavy (non-hydrogen) atoms. The molecule has 2 aromatic carbocycles. The van der Waals surface area contributed by atoms with E-state index in [-0.39, 0.29) is 43.9 Å². The number of fused-ring (bicyclic) bond motifs is 1. The quantitative estimate of drug-likeness (QED) is 0.637. The fraction of sp³-hybridized carbons (Fsp3) is 0.478. The molecule has 3 N–H and O–H groups in total. The summed E-state index contributed by atoms with van der Waals surface area (Å²) in [5.41, 5.74) is 3.71. The van der Waals surface area contributed by atoms with Crippen LogP contribution < -0.4 is 9.47 Å². The van der Waals surface area contributed by atoms with Gasteiger partial charge in [-0.1, -0.05) is 18.2 Å². The zero-order valence-electron chi connectivity index (χ0n) is 17.2. The van der Waals surface area contributed by atoms with Crippen LogP contribution in [0.15, 0.2) is 30.3 Å². The lowest BCUT2D eigenvalue weighted by molar-refractivity contribution is 0.0191. The molecule has 0 saturated carbocycles. The van der Waals surface area contributed by atoms with Gasteiger partial charge in [-0.2, -0.15) is 0 Å². The van der Waals surface area contributed by atoms with E-state index in [2.05, 4.69) is 0 Å². The van der Waals surface area contributed by atoms with Crippen LogP contribution in [0.3, 0.4) is 0 Å². The van der Waals surface area contributed by atoms with Gasteiger partial charge in [0.2, 0.25) is 0 Å². The second-order valence-electron chi connectivity index (χ2n) is 7.74. The molecule has 0 unspecified atom stereocenters. The largest absolute Gasteiger partial charge is 0.493 e. The molecule has 2 aliphatic heterocycles. The van der Waals surface area contributed by atoms with Crippen molar-refractivity contribution in [1.82, 2.24) is 0 Å². The third-order valence-corrected chi connectivity index (χ3v) is 6.28. The van der Waals surface area contributed by atoms with E-state index in [0.717, 1.165) is 11.1 Å². The van der Waals surface area contributed by atoms with E-state index in [1.54, 1.807) is 14.2 Å². The van der Waals surface area contributed by atoms with E-state index in [9.17, 15) is 15.3 Å². The molecule has 4 atom stereocenters. The van der Waals surface area contributed by atoms with Crippen LogP contribution in [0.5, 0.6) is 11.5 Å². The fourth-order valence-electron chi connectivity index (χ4n) is 4.74. The van der Waals surface area contributed by atoms with Gasteiger partial charge in [0.15, 0.2) is 11.5 Å². The lowest BCUT2D eigenvalue weighted by Crippen LogP contribution is -2.15. The van der Waals surface area contributed by atoms with Crippen LogP contribution in [-0.2, 0) is 29.3 Å². The average molecular weight is 416 g/mol. The molecule has 2 heterocycles. The molecular formula is C23H28O7. The summed E-state index contributed by atoms with van der Waals surface area (Å²) in [4.78, 5) is 0. The molecule has 0 aromatic heterocycles. The number of ether oxygens (including phenoxy) is 4. The molecule has 2 aromatic rings. The Morgan fingerprint density at radius 2 is 1.33 bits per heavy atom. The number of aliphatic hydroxyl groups is 3. The summed E-state index contributed by atoms with van der Waals surface area (Å²) in [5, 5.41) is 29.1. The zero-order valence-corrected chi connectivity index (χ0v) is 17.2. The summed E-state index contributed by atoms with van der Waals surface area (Å²) in [6, 6.07) is 9.55. The van der Waals surface area contributed by atoms with Crippen LogP contribution in [0.1, 0.15) is 40.0 Å². The molecule has 2 fully saturated rings. The Hall–Kier alpha value is -2.16. The van der Waals surface area contributed by atoms with Gasteiger partial charge in [0.25, 0.3) is 0 Å². The van der Waals surface area contributed by atoms with Crippen molar-refractivity contribution in [2.45, 2.75) is 32.0 Å². The fourth-order valence-corrected chi connectivity index (χ4v) is 4.74. The summed E-state index contributed by atoms with van der Waals surface area (Å²) < 4.78 is 23.1. The Morgan fingerprint density at radius 1 is 0.767 bits per heavy atom. The van der Waals surface area contributed by atoms with Gasteiger partial charge in [-0.05, 0) is 39.9 Å². The molecule has 7 heteroatoms. The predicted molar refractivity (Wildman–Crippen MR) is 108 cm³/mol. The van der Waals surface area contributed by atoms with Crippen LogP contribution in [-0.4, -0.2) is 42.8 Å². The maximum atomic E-state index is 9.73. The van der Waals surface area contributed by atoms with Crippen molar-refractivity contribution in [1.29, 1.82) is 0 Å². The van der Waals surface area contributed by atoms with Gasteiger partial charge < -0.3 is 34.3 Å². The molecular weight excluding hydrogens is 388 g/mol. The first-order valence-corrected chi connectivity index (χ1v) is 10.1. The second kappa shape index (κ2) is 8.91. The topological polar surface area (TPSA) is 97.6 Å². The summed E-state index contributed by atoms with van der Waals surface area (Å²) in [7, 11) is 3.22. The standard InChI is InChI=1S/C23H28O7/c1-27-20-4-3-13(7-21(20)28-2)22-18-11-30-23(19(18)12-29-22)14-5-15(8-24)17(10-26)16(6-14)9-25/h3-7,18-19,22-26H,8-12H2,1-2H3/t18-,19-,22+,23+/m0/s1. The molecule has 4 rings (SSSR count). The summed E-state index contributed by atoms with van der Waals surface area (Å²) in [6.07, 6.45) is -0.297. The van der Waals surface area contributed by atoms with Crippen molar-refractivity contribution in [3.05, 3.63) is 58.1 Å². The van der Waals surface area contributed by atoms with Crippen LogP contribution in [0.25, 0.3) is 0 Å². The van der Waals surface area contributed by atoms with Gasteiger partial charge in [0.05, 0.1) is 59.5 Å². The Morgan fingerprint density at radius 3 is 1.83 bits per heavy atom. The first-order chi connectivity index (χ1) is 14.6. The maximum Gasteiger partial charge on any atom is 0.161 e. The smallest absolute Gasteiger partial charge is 0.161 e. The monoisotopic (exact) mass is 416 g/mol. The highest BCUT2D eigenvalue weighted by Gasteiger charge is 2.48. The van der Waals surface area contributed by atoms with Crippen molar-refractivity contribution in [2.24, 2.45) is 11.8 Å². The molecule has 0 spiro atoms. The van der Waals surface area contributed by atoms with Crippen LogP contribution in [0.2, 0.25) is 0 Å². The first kappa shape index (κ1) is 21.1. The first-order valence-electron chi connectivity index (χ1n) is 10.1. The lowest BCUT2D eigenvalue weighted by Gasteiger charge is -2.20. The van der Waals surface area contributed by atoms with E-state index in [0.29, 0.717) is 41.4 Å². The van der Waals surface area contributed by atoms with Crippen LogP contribution >= 0.6 is 0 Å².